The molecule has 3 aromatic heterocycles. The summed E-state index contributed by atoms with van der Waals surface area (Å²) in [7, 11) is 1.84. The first-order chi connectivity index (χ1) is 15.5. The molecule has 0 amide bonds. The summed E-state index contributed by atoms with van der Waals surface area (Å²) in [6.07, 6.45) is 6.20. The normalized spacial score (nSPS) is 16.4. The number of aryl methyl sites for hydroxylation is 1. The van der Waals surface area contributed by atoms with Crippen LogP contribution in [0.5, 0.6) is 5.75 Å². The molecule has 0 saturated carbocycles. The van der Waals surface area contributed by atoms with E-state index in [2.05, 4.69) is 15.1 Å². The number of benzene rings is 1. The molecule has 7 nitrogen and oxygen atoms in total. The van der Waals surface area contributed by atoms with Gasteiger partial charge in [0.15, 0.2) is 5.65 Å². The number of aromatic nitrogens is 5. The zero-order chi connectivity index (χ0) is 22.2. The predicted octanol–water partition coefficient (Wildman–Crippen LogP) is 4.25. The van der Waals surface area contributed by atoms with Crippen LogP contribution in [-0.2, 0) is 7.05 Å². The number of ether oxygens (including phenoxy) is 1. The van der Waals surface area contributed by atoms with Crippen LogP contribution in [0, 0.1) is 5.82 Å². The summed E-state index contributed by atoms with van der Waals surface area (Å²) in [6.45, 7) is -0.0329. The molecule has 1 saturated heterocycles. The SMILES string of the molecule is Cn1cc(-c2cnn3ccc(N4CCC[C@@H]4c4cc(F)ccc4OCC(F)F)nc23)cn1. The Hall–Kier alpha value is -3.56. The van der Waals surface area contributed by atoms with E-state index in [0.717, 1.165) is 24.0 Å². The highest BCUT2D eigenvalue weighted by molar-refractivity contribution is 5.77. The third kappa shape index (κ3) is 3.76. The van der Waals surface area contributed by atoms with Crippen molar-refractivity contribution in [2.45, 2.75) is 25.3 Å². The Morgan fingerprint density at radius 1 is 1.19 bits per heavy atom. The summed E-state index contributed by atoms with van der Waals surface area (Å²) in [6, 6.07) is 5.61. The van der Waals surface area contributed by atoms with E-state index in [1.54, 1.807) is 21.6 Å². The van der Waals surface area contributed by atoms with Gasteiger partial charge in [-0.3, -0.25) is 4.68 Å². The average molecular weight is 442 g/mol. The highest BCUT2D eigenvalue weighted by Gasteiger charge is 2.30. The monoisotopic (exact) mass is 442 g/mol. The lowest BCUT2D eigenvalue weighted by atomic mass is 10.0. The fourth-order valence-electron chi connectivity index (χ4n) is 4.21. The second-order valence-electron chi connectivity index (χ2n) is 7.75. The van der Waals surface area contributed by atoms with E-state index in [0.29, 0.717) is 23.6 Å². The first-order valence-corrected chi connectivity index (χ1v) is 10.3. The van der Waals surface area contributed by atoms with Crippen LogP contribution in [0.1, 0.15) is 24.4 Å². The maximum atomic E-state index is 14.1. The second kappa shape index (κ2) is 8.18. The Morgan fingerprint density at radius 2 is 2.06 bits per heavy atom. The number of halogens is 3. The molecule has 1 aliphatic rings. The predicted molar refractivity (Wildman–Crippen MR) is 112 cm³/mol. The molecule has 1 aliphatic heterocycles. The highest BCUT2D eigenvalue weighted by atomic mass is 19.3. The topological polar surface area (TPSA) is 60.5 Å². The summed E-state index contributed by atoms with van der Waals surface area (Å²) in [4.78, 5) is 6.90. The van der Waals surface area contributed by atoms with Gasteiger partial charge in [-0.2, -0.15) is 10.2 Å². The molecule has 10 heteroatoms. The van der Waals surface area contributed by atoms with Gasteiger partial charge >= 0.3 is 0 Å². The van der Waals surface area contributed by atoms with Gasteiger partial charge in [-0.15, -0.1) is 0 Å². The van der Waals surface area contributed by atoms with Crippen molar-refractivity contribution < 1.29 is 17.9 Å². The molecule has 0 spiro atoms. The third-order valence-corrected chi connectivity index (χ3v) is 5.61. The van der Waals surface area contributed by atoms with Crippen LogP contribution >= 0.6 is 0 Å². The van der Waals surface area contributed by atoms with Gasteiger partial charge in [0, 0.05) is 42.7 Å². The molecule has 0 aliphatic carbocycles. The van der Waals surface area contributed by atoms with Gasteiger partial charge in [-0.05, 0) is 37.1 Å². The molecular weight excluding hydrogens is 421 g/mol. The number of alkyl halides is 2. The van der Waals surface area contributed by atoms with Crippen molar-refractivity contribution in [1.29, 1.82) is 0 Å². The molecule has 0 radical (unpaired) electrons. The number of hydrogen-bond acceptors (Lipinski definition) is 5. The smallest absolute Gasteiger partial charge is 0.272 e. The van der Waals surface area contributed by atoms with Crippen LogP contribution in [0.2, 0.25) is 0 Å². The first kappa shape index (κ1) is 20.3. The van der Waals surface area contributed by atoms with E-state index in [1.165, 1.54) is 18.2 Å². The molecule has 1 aromatic carbocycles. The van der Waals surface area contributed by atoms with Crippen molar-refractivity contribution in [3.05, 3.63) is 60.4 Å². The lowest BCUT2D eigenvalue weighted by molar-refractivity contribution is 0.0812. The van der Waals surface area contributed by atoms with Crippen molar-refractivity contribution in [1.82, 2.24) is 24.4 Å². The van der Waals surface area contributed by atoms with E-state index in [9.17, 15) is 13.2 Å². The van der Waals surface area contributed by atoms with Crippen molar-refractivity contribution in [2.75, 3.05) is 18.1 Å². The molecule has 1 atom stereocenters. The van der Waals surface area contributed by atoms with Gasteiger partial charge in [0.25, 0.3) is 6.43 Å². The maximum absolute atomic E-state index is 14.1. The Balaban J connectivity index is 1.52. The molecule has 166 valence electrons. The minimum Gasteiger partial charge on any atom is -0.487 e. The number of hydrogen-bond donors (Lipinski definition) is 0. The minimum absolute atomic E-state index is 0.238. The molecule has 4 aromatic rings. The lowest BCUT2D eigenvalue weighted by Gasteiger charge is -2.27. The standard InChI is InChI=1S/C22H21F3N6O/c1-29-12-14(10-26-29)17-11-27-31-8-6-21(28-22(17)31)30-7-2-3-18(30)16-9-15(23)4-5-19(16)32-13-20(24)25/h4-6,8-12,18,20H,2-3,7,13H2,1H3/t18-/m1/s1. The Labute approximate surface area is 182 Å². The third-order valence-electron chi connectivity index (χ3n) is 5.61. The van der Waals surface area contributed by atoms with Crippen LogP contribution < -0.4 is 9.64 Å². The zero-order valence-corrected chi connectivity index (χ0v) is 17.3. The molecule has 0 unspecified atom stereocenters. The Kier molecular flexibility index (Phi) is 5.20. The fourth-order valence-corrected chi connectivity index (χ4v) is 4.21. The summed E-state index contributed by atoms with van der Waals surface area (Å²) < 4.78 is 48.2. The van der Waals surface area contributed by atoms with Crippen molar-refractivity contribution >= 4 is 11.5 Å². The molecule has 32 heavy (non-hydrogen) atoms. The van der Waals surface area contributed by atoms with Crippen LogP contribution in [0.3, 0.4) is 0 Å². The zero-order valence-electron chi connectivity index (χ0n) is 17.3. The van der Waals surface area contributed by atoms with Gasteiger partial charge in [-0.25, -0.2) is 22.7 Å². The minimum atomic E-state index is -2.61. The molecule has 5 rings (SSSR count). The number of rotatable bonds is 6. The number of fused-ring (bicyclic) bond motifs is 1. The summed E-state index contributed by atoms with van der Waals surface area (Å²) in [5.74, 6) is 0.536. The van der Waals surface area contributed by atoms with E-state index < -0.39 is 18.8 Å². The molecule has 1 fully saturated rings. The van der Waals surface area contributed by atoms with E-state index in [-0.39, 0.29) is 11.8 Å². The Morgan fingerprint density at radius 3 is 2.84 bits per heavy atom. The van der Waals surface area contributed by atoms with Gasteiger partial charge in [-0.1, -0.05) is 0 Å². The van der Waals surface area contributed by atoms with Crippen molar-refractivity contribution in [3.8, 4) is 16.9 Å². The van der Waals surface area contributed by atoms with Gasteiger partial charge in [0.2, 0.25) is 0 Å². The summed E-state index contributed by atoms with van der Waals surface area (Å²) >= 11 is 0. The van der Waals surface area contributed by atoms with E-state index in [4.69, 9.17) is 9.72 Å². The summed E-state index contributed by atoms with van der Waals surface area (Å²) in [5.41, 5.74) is 2.97. The van der Waals surface area contributed by atoms with E-state index >= 15 is 0 Å². The van der Waals surface area contributed by atoms with Crippen LogP contribution in [0.4, 0.5) is 19.0 Å². The maximum Gasteiger partial charge on any atom is 0.272 e. The number of nitrogens with zero attached hydrogens (tertiary/aromatic N) is 6. The largest absolute Gasteiger partial charge is 0.487 e. The lowest BCUT2D eigenvalue weighted by Crippen LogP contribution is -2.24. The molecule has 0 bridgehead atoms. The van der Waals surface area contributed by atoms with E-state index in [1.807, 2.05) is 25.5 Å². The highest BCUT2D eigenvalue weighted by Crippen LogP contribution is 2.40. The Bertz CT molecular complexity index is 1250. The van der Waals surface area contributed by atoms with Gasteiger partial charge in [0.05, 0.1) is 18.4 Å². The van der Waals surface area contributed by atoms with Crippen molar-refractivity contribution in [3.63, 3.8) is 0 Å². The molecule has 4 heterocycles. The average Bonchev–Trinajstić information content (AvgIpc) is 3.51. The van der Waals surface area contributed by atoms with Crippen LogP contribution in [0.25, 0.3) is 16.8 Å². The van der Waals surface area contributed by atoms with Gasteiger partial charge < -0.3 is 9.64 Å². The quantitative estimate of drug-likeness (QED) is 0.447. The first-order valence-electron chi connectivity index (χ1n) is 10.3. The second-order valence-corrected chi connectivity index (χ2v) is 7.75. The number of anilines is 1. The van der Waals surface area contributed by atoms with Gasteiger partial charge in [0.1, 0.15) is 24.0 Å². The van der Waals surface area contributed by atoms with Crippen LogP contribution in [0.15, 0.2) is 49.1 Å². The fraction of sp³-hybridized carbons (Fsp3) is 0.318. The molecular formula is C22H21F3N6O. The van der Waals surface area contributed by atoms with Crippen LogP contribution in [-0.4, -0.2) is 44.0 Å². The van der Waals surface area contributed by atoms with Crippen molar-refractivity contribution in [2.24, 2.45) is 7.05 Å². The molecule has 0 N–H and O–H groups in total. The summed E-state index contributed by atoms with van der Waals surface area (Å²) in [5, 5.41) is 8.59.